The number of esters is 2. The van der Waals surface area contributed by atoms with Crippen LogP contribution in [0, 0.1) is 0 Å². The van der Waals surface area contributed by atoms with Crippen molar-refractivity contribution in [1.82, 2.24) is 0 Å². The van der Waals surface area contributed by atoms with Crippen molar-refractivity contribution in [2.24, 2.45) is 0 Å². The lowest BCUT2D eigenvalue weighted by molar-refractivity contribution is -0.150. The first-order chi connectivity index (χ1) is 10.7. The molecule has 0 aromatic rings. The topological polar surface area (TPSA) is 63.6 Å². The summed E-state index contributed by atoms with van der Waals surface area (Å²) in [6, 6.07) is 0. The Hall–Kier alpha value is -1.16. The second-order valence-corrected chi connectivity index (χ2v) is 5.69. The maximum atomic E-state index is 9.92. The van der Waals surface area contributed by atoms with Gasteiger partial charge in [0.05, 0.1) is 0 Å². The second kappa shape index (κ2) is 16.2. The van der Waals surface area contributed by atoms with Crippen LogP contribution in [0.15, 0.2) is 12.2 Å². The fourth-order valence-electron chi connectivity index (χ4n) is 2.26. The highest BCUT2D eigenvalue weighted by Crippen LogP contribution is 2.11. The van der Waals surface area contributed by atoms with Crippen molar-refractivity contribution in [3.63, 3.8) is 0 Å². The highest BCUT2D eigenvalue weighted by Gasteiger charge is 2.10. The van der Waals surface area contributed by atoms with Gasteiger partial charge in [-0.3, -0.25) is 0 Å². The molecule has 1 aliphatic heterocycles. The quantitative estimate of drug-likeness (QED) is 0.331. The average Bonchev–Trinajstić information content (AvgIpc) is 2.89. The largest absolute Gasteiger partial charge is 0.396 e. The van der Waals surface area contributed by atoms with Gasteiger partial charge < -0.3 is 9.84 Å². The minimum atomic E-state index is -0.579. The van der Waals surface area contributed by atoms with E-state index in [1.807, 2.05) is 0 Å². The van der Waals surface area contributed by atoms with E-state index in [0.29, 0.717) is 6.61 Å². The number of carbonyl (C=O) groups excluding carboxylic acids is 2. The maximum absolute atomic E-state index is 9.92. The molecule has 0 atom stereocenters. The average molecular weight is 312 g/mol. The summed E-state index contributed by atoms with van der Waals surface area (Å²) < 4.78 is 3.97. The normalized spacial score (nSPS) is 13.0. The van der Waals surface area contributed by atoms with E-state index in [4.69, 9.17) is 5.11 Å². The number of aliphatic hydroxyl groups is 1. The SMILES string of the molecule is CCCCCCCCCCCCCCO.O=C1C=CC(=O)O1. The summed E-state index contributed by atoms with van der Waals surface area (Å²) in [6.45, 7) is 2.64. The molecular weight excluding hydrogens is 280 g/mol. The fraction of sp³-hybridized carbons (Fsp3) is 0.778. The Morgan fingerprint density at radius 3 is 1.36 bits per heavy atom. The first-order valence-electron chi connectivity index (χ1n) is 8.75. The van der Waals surface area contributed by atoms with Gasteiger partial charge in [-0.2, -0.15) is 0 Å². The number of carbonyl (C=O) groups is 2. The van der Waals surface area contributed by atoms with E-state index in [0.717, 1.165) is 18.6 Å². The zero-order valence-corrected chi connectivity index (χ0v) is 14.0. The van der Waals surface area contributed by atoms with Crippen molar-refractivity contribution in [3.8, 4) is 0 Å². The van der Waals surface area contributed by atoms with Gasteiger partial charge in [-0.15, -0.1) is 0 Å². The molecular formula is C18H32O4. The van der Waals surface area contributed by atoms with Crippen molar-refractivity contribution in [1.29, 1.82) is 0 Å². The summed E-state index contributed by atoms with van der Waals surface area (Å²) in [6.07, 6.45) is 18.4. The molecule has 4 heteroatoms. The van der Waals surface area contributed by atoms with E-state index in [9.17, 15) is 9.59 Å². The summed E-state index contributed by atoms with van der Waals surface area (Å²) in [7, 11) is 0. The molecule has 0 aromatic carbocycles. The molecule has 0 aromatic heterocycles. The Morgan fingerprint density at radius 1 is 0.727 bits per heavy atom. The Kier molecular flexibility index (Phi) is 15.4. The maximum Gasteiger partial charge on any atom is 0.338 e. The van der Waals surface area contributed by atoms with Gasteiger partial charge in [-0.1, -0.05) is 77.6 Å². The van der Waals surface area contributed by atoms with Gasteiger partial charge in [0.2, 0.25) is 0 Å². The minimum Gasteiger partial charge on any atom is -0.396 e. The summed E-state index contributed by atoms with van der Waals surface area (Å²) in [5.41, 5.74) is 0. The van der Waals surface area contributed by atoms with Crippen molar-refractivity contribution < 1.29 is 19.4 Å². The standard InChI is InChI=1S/C14H30O.C4H2O3/c1-2-3-4-5-6-7-8-9-10-11-12-13-14-15;5-3-1-2-4(6)7-3/h15H,2-14H2,1H3;1-2H. The highest BCUT2D eigenvalue weighted by molar-refractivity contribution is 6.04. The monoisotopic (exact) mass is 312 g/mol. The highest BCUT2D eigenvalue weighted by atomic mass is 16.6. The van der Waals surface area contributed by atoms with Gasteiger partial charge in [0, 0.05) is 18.8 Å². The first-order valence-corrected chi connectivity index (χ1v) is 8.75. The van der Waals surface area contributed by atoms with Crippen molar-refractivity contribution in [3.05, 3.63) is 12.2 Å². The fourth-order valence-corrected chi connectivity index (χ4v) is 2.26. The number of aliphatic hydroxyl groups excluding tert-OH is 1. The second-order valence-electron chi connectivity index (χ2n) is 5.69. The van der Waals surface area contributed by atoms with Crippen LogP contribution >= 0.6 is 0 Å². The van der Waals surface area contributed by atoms with E-state index >= 15 is 0 Å². The van der Waals surface area contributed by atoms with Crippen LogP contribution in [0.2, 0.25) is 0 Å². The summed E-state index contributed by atoms with van der Waals surface area (Å²) in [5, 5.41) is 8.61. The molecule has 4 nitrogen and oxygen atoms in total. The van der Waals surface area contributed by atoms with E-state index in [1.165, 1.54) is 70.6 Å². The van der Waals surface area contributed by atoms with Crippen molar-refractivity contribution in [2.75, 3.05) is 6.61 Å². The number of unbranched alkanes of at least 4 members (excludes halogenated alkanes) is 11. The third-order valence-electron chi connectivity index (χ3n) is 3.57. The molecule has 0 unspecified atom stereocenters. The van der Waals surface area contributed by atoms with Crippen LogP contribution in [0.5, 0.6) is 0 Å². The van der Waals surface area contributed by atoms with Gasteiger partial charge >= 0.3 is 11.9 Å². The molecule has 0 saturated carbocycles. The summed E-state index contributed by atoms with van der Waals surface area (Å²) in [4.78, 5) is 19.8. The molecule has 1 rings (SSSR count). The van der Waals surface area contributed by atoms with E-state index in [2.05, 4.69) is 11.7 Å². The first kappa shape index (κ1) is 20.8. The lowest BCUT2D eigenvalue weighted by atomic mass is 10.1. The smallest absolute Gasteiger partial charge is 0.338 e. The Bertz CT molecular complexity index is 282. The Morgan fingerprint density at radius 2 is 1.09 bits per heavy atom. The van der Waals surface area contributed by atoms with Crippen LogP contribution in [0.1, 0.15) is 84.0 Å². The van der Waals surface area contributed by atoms with Crippen LogP contribution in [-0.4, -0.2) is 23.7 Å². The molecule has 0 spiro atoms. The molecule has 0 bridgehead atoms. The predicted molar refractivity (Wildman–Crippen MR) is 88.4 cm³/mol. The molecule has 0 aliphatic carbocycles. The molecule has 0 saturated heterocycles. The van der Waals surface area contributed by atoms with E-state index in [1.54, 1.807) is 0 Å². The summed E-state index contributed by atoms with van der Waals surface area (Å²) in [5.74, 6) is -1.16. The van der Waals surface area contributed by atoms with Crippen LogP contribution in [0.4, 0.5) is 0 Å². The molecule has 0 fully saturated rings. The van der Waals surface area contributed by atoms with Gasteiger partial charge in [-0.05, 0) is 6.42 Å². The molecule has 128 valence electrons. The third-order valence-corrected chi connectivity index (χ3v) is 3.57. The van der Waals surface area contributed by atoms with Crippen LogP contribution < -0.4 is 0 Å². The van der Waals surface area contributed by atoms with Gasteiger partial charge in [0.15, 0.2) is 0 Å². The van der Waals surface area contributed by atoms with Gasteiger partial charge in [0.25, 0.3) is 0 Å². The molecule has 0 amide bonds. The van der Waals surface area contributed by atoms with E-state index < -0.39 is 11.9 Å². The number of hydrogen-bond donors (Lipinski definition) is 1. The zero-order valence-electron chi connectivity index (χ0n) is 14.0. The van der Waals surface area contributed by atoms with Crippen molar-refractivity contribution in [2.45, 2.75) is 84.0 Å². The lowest BCUT2D eigenvalue weighted by Gasteiger charge is -2.01. The van der Waals surface area contributed by atoms with Crippen LogP contribution in [-0.2, 0) is 14.3 Å². The summed E-state index contributed by atoms with van der Waals surface area (Å²) >= 11 is 0. The Labute approximate surface area is 134 Å². The third kappa shape index (κ3) is 15.2. The number of cyclic esters (lactones) is 2. The van der Waals surface area contributed by atoms with E-state index in [-0.39, 0.29) is 0 Å². The number of rotatable bonds is 12. The minimum absolute atomic E-state index is 0.372. The van der Waals surface area contributed by atoms with Crippen molar-refractivity contribution >= 4 is 11.9 Å². The number of hydrogen-bond acceptors (Lipinski definition) is 4. The molecule has 0 radical (unpaired) electrons. The zero-order chi connectivity index (χ0) is 16.5. The Balaban J connectivity index is 0.000000518. The molecule has 22 heavy (non-hydrogen) atoms. The molecule has 1 aliphatic rings. The number of ether oxygens (including phenoxy) is 1. The van der Waals surface area contributed by atoms with Gasteiger partial charge in [0.1, 0.15) is 0 Å². The lowest BCUT2D eigenvalue weighted by Crippen LogP contribution is -1.96. The van der Waals surface area contributed by atoms with Crippen LogP contribution in [0.25, 0.3) is 0 Å². The van der Waals surface area contributed by atoms with Crippen LogP contribution in [0.3, 0.4) is 0 Å². The molecule has 1 heterocycles. The van der Waals surface area contributed by atoms with Gasteiger partial charge in [-0.25, -0.2) is 9.59 Å². The molecule has 1 N–H and O–H groups in total. The predicted octanol–water partition coefficient (Wildman–Crippen LogP) is 4.31.